The van der Waals surface area contributed by atoms with Crippen molar-refractivity contribution in [1.29, 1.82) is 0 Å². The summed E-state index contributed by atoms with van der Waals surface area (Å²) in [7, 11) is 0. The maximum absolute atomic E-state index is 6.74. The van der Waals surface area contributed by atoms with Crippen molar-refractivity contribution in [2.75, 3.05) is 4.90 Å². The lowest BCUT2D eigenvalue weighted by atomic mass is 9.75. The summed E-state index contributed by atoms with van der Waals surface area (Å²) in [5.74, 6) is 0.904. The molecule has 2 unspecified atom stereocenters. The summed E-state index contributed by atoms with van der Waals surface area (Å²) in [6.07, 6.45) is 0. The molecule has 45 heavy (non-hydrogen) atoms. The first-order valence-corrected chi connectivity index (χ1v) is 15.7. The molecule has 0 radical (unpaired) electrons. The van der Waals surface area contributed by atoms with Crippen molar-refractivity contribution in [3.8, 4) is 11.3 Å². The van der Waals surface area contributed by atoms with Gasteiger partial charge < -0.3 is 4.42 Å². The van der Waals surface area contributed by atoms with Crippen LogP contribution in [0.5, 0.6) is 0 Å². The lowest BCUT2D eigenvalue weighted by Crippen LogP contribution is -2.26. The Hall–Kier alpha value is -5.48. The highest BCUT2D eigenvalue weighted by Crippen LogP contribution is 2.66. The van der Waals surface area contributed by atoms with E-state index < -0.39 is 0 Å². The van der Waals surface area contributed by atoms with Gasteiger partial charge in [-0.05, 0) is 39.6 Å². The Labute approximate surface area is 260 Å². The molecule has 10 rings (SSSR count). The third kappa shape index (κ3) is 3.26. The van der Waals surface area contributed by atoms with E-state index in [1.807, 2.05) is 6.07 Å². The Morgan fingerprint density at radius 1 is 0.622 bits per heavy atom. The van der Waals surface area contributed by atoms with Crippen LogP contribution in [0.3, 0.4) is 0 Å². The highest BCUT2D eigenvalue weighted by atomic mass is 16.3. The molecule has 0 saturated heterocycles. The second kappa shape index (κ2) is 8.80. The number of hydrogen-bond donors (Lipinski definition) is 0. The molecule has 0 bridgehead atoms. The molecule has 6 aromatic carbocycles. The monoisotopic (exact) mass is 579 g/mol. The van der Waals surface area contributed by atoms with E-state index in [-0.39, 0.29) is 17.4 Å². The molecule has 2 aliphatic rings. The predicted molar refractivity (Wildman–Crippen MR) is 183 cm³/mol. The molecular formula is C41H29N3O. The van der Waals surface area contributed by atoms with E-state index in [0.717, 1.165) is 55.2 Å². The second-order valence-corrected chi connectivity index (χ2v) is 13.0. The van der Waals surface area contributed by atoms with Crippen LogP contribution in [-0.2, 0) is 5.41 Å². The van der Waals surface area contributed by atoms with Gasteiger partial charge in [-0.15, -0.1) is 0 Å². The first-order valence-electron chi connectivity index (χ1n) is 15.7. The van der Waals surface area contributed by atoms with Crippen LogP contribution in [0, 0.1) is 0 Å². The molecule has 4 nitrogen and oxygen atoms in total. The first kappa shape index (κ1) is 24.9. The van der Waals surface area contributed by atoms with Gasteiger partial charge in [0, 0.05) is 33.0 Å². The molecule has 0 saturated carbocycles. The van der Waals surface area contributed by atoms with Crippen molar-refractivity contribution in [3.05, 3.63) is 144 Å². The van der Waals surface area contributed by atoms with Gasteiger partial charge in [0.15, 0.2) is 5.58 Å². The maximum atomic E-state index is 6.74. The number of benzene rings is 6. The fraction of sp³-hybridized carbons (Fsp3) is 0.122. The number of nitrogens with zero attached hydrogens (tertiary/aromatic N) is 3. The number of hydrogen-bond acceptors (Lipinski definition) is 4. The van der Waals surface area contributed by atoms with Gasteiger partial charge in [-0.25, -0.2) is 9.97 Å². The Morgan fingerprint density at radius 2 is 1.36 bits per heavy atom. The van der Waals surface area contributed by atoms with Crippen LogP contribution in [0.4, 0.5) is 11.6 Å². The summed E-state index contributed by atoms with van der Waals surface area (Å²) < 4.78 is 6.74. The van der Waals surface area contributed by atoms with Crippen LogP contribution in [0.2, 0.25) is 0 Å². The summed E-state index contributed by atoms with van der Waals surface area (Å²) >= 11 is 0. The largest absolute Gasteiger partial charge is 0.454 e. The first-order chi connectivity index (χ1) is 22.1. The zero-order valence-corrected chi connectivity index (χ0v) is 25.0. The maximum Gasteiger partial charge on any atom is 0.231 e. The van der Waals surface area contributed by atoms with E-state index in [4.69, 9.17) is 14.4 Å². The number of para-hydroxylation sites is 1. The third-order valence-electron chi connectivity index (χ3n) is 10.3. The number of rotatable bonds is 2. The summed E-state index contributed by atoms with van der Waals surface area (Å²) in [5, 5.41) is 5.59. The number of aromatic nitrogens is 2. The molecule has 1 aliphatic carbocycles. The average Bonchev–Trinajstić information content (AvgIpc) is 3.71. The van der Waals surface area contributed by atoms with Crippen molar-refractivity contribution < 1.29 is 4.42 Å². The standard InChI is InChI=1S/C41H29N3O/c1-41(2)32-18-10-8-17-29(32)37-34(41)30-23-22-28-27-16-9-11-19-33(27)45-39(28)38(30)44(37)40-42-35(25-13-4-3-5-14-25)31-21-20-24-12-6-7-15-26(24)36(31)43-40/h3-23,34,37H,1-2H3. The van der Waals surface area contributed by atoms with Gasteiger partial charge in [0.05, 0.1) is 22.9 Å². The fourth-order valence-corrected chi connectivity index (χ4v) is 8.36. The average molecular weight is 580 g/mol. The molecule has 3 heterocycles. The zero-order valence-electron chi connectivity index (χ0n) is 25.0. The van der Waals surface area contributed by atoms with Crippen molar-refractivity contribution in [1.82, 2.24) is 9.97 Å². The van der Waals surface area contributed by atoms with Crippen LogP contribution in [0.1, 0.15) is 42.5 Å². The van der Waals surface area contributed by atoms with Gasteiger partial charge in [-0.2, -0.15) is 0 Å². The minimum Gasteiger partial charge on any atom is -0.454 e. The van der Waals surface area contributed by atoms with Gasteiger partial charge >= 0.3 is 0 Å². The number of furan rings is 1. The van der Waals surface area contributed by atoms with Gasteiger partial charge in [0.1, 0.15) is 5.58 Å². The molecule has 214 valence electrons. The molecule has 1 aliphatic heterocycles. The van der Waals surface area contributed by atoms with Crippen LogP contribution in [-0.4, -0.2) is 9.97 Å². The van der Waals surface area contributed by atoms with Gasteiger partial charge in [-0.3, -0.25) is 4.90 Å². The van der Waals surface area contributed by atoms with Crippen molar-refractivity contribution in [2.45, 2.75) is 31.2 Å². The highest BCUT2D eigenvalue weighted by Gasteiger charge is 2.56. The van der Waals surface area contributed by atoms with E-state index in [2.05, 4.69) is 140 Å². The highest BCUT2D eigenvalue weighted by molar-refractivity contribution is 6.12. The van der Waals surface area contributed by atoms with Crippen molar-refractivity contribution in [3.63, 3.8) is 0 Å². The minimum absolute atomic E-state index is 0.0288. The van der Waals surface area contributed by atoms with Crippen LogP contribution in [0.25, 0.3) is 54.9 Å². The number of anilines is 2. The minimum atomic E-state index is -0.101. The summed E-state index contributed by atoms with van der Waals surface area (Å²) in [6, 6.07) is 45.3. The number of fused-ring (bicyclic) bond motifs is 12. The van der Waals surface area contributed by atoms with Gasteiger partial charge in [0.25, 0.3) is 0 Å². The zero-order chi connectivity index (χ0) is 29.9. The Bertz CT molecular complexity index is 2490. The summed E-state index contributed by atoms with van der Waals surface area (Å²) in [4.78, 5) is 13.4. The normalized spacial score (nSPS) is 18.1. The third-order valence-corrected chi connectivity index (χ3v) is 10.3. The van der Waals surface area contributed by atoms with Gasteiger partial charge in [-0.1, -0.05) is 129 Å². The molecule has 4 heteroatoms. The molecule has 2 aromatic heterocycles. The second-order valence-electron chi connectivity index (χ2n) is 13.0. The Balaban J connectivity index is 1.35. The molecule has 0 N–H and O–H groups in total. The lowest BCUT2D eigenvalue weighted by Gasteiger charge is -2.29. The van der Waals surface area contributed by atoms with E-state index in [9.17, 15) is 0 Å². The molecule has 0 fully saturated rings. The Morgan fingerprint density at radius 3 is 2.24 bits per heavy atom. The van der Waals surface area contributed by atoms with E-state index in [1.165, 1.54) is 22.1 Å². The Kier molecular flexibility index (Phi) is 4.87. The summed E-state index contributed by atoms with van der Waals surface area (Å²) in [6.45, 7) is 4.77. The SMILES string of the molecule is CC1(C)c2ccccc2C2C1c1ccc3c(oc4ccccc43)c1N2c1nc(-c2ccccc2)c2ccc3ccccc3c2n1. The van der Waals surface area contributed by atoms with Gasteiger partial charge in [0.2, 0.25) is 5.95 Å². The fourth-order valence-electron chi connectivity index (χ4n) is 8.36. The quantitative estimate of drug-likeness (QED) is 0.191. The van der Waals surface area contributed by atoms with Crippen LogP contribution in [0.15, 0.2) is 132 Å². The molecular weight excluding hydrogens is 550 g/mol. The topological polar surface area (TPSA) is 42.2 Å². The molecule has 0 spiro atoms. The van der Waals surface area contributed by atoms with Crippen molar-refractivity contribution >= 4 is 55.2 Å². The van der Waals surface area contributed by atoms with Crippen LogP contribution >= 0.6 is 0 Å². The smallest absolute Gasteiger partial charge is 0.231 e. The summed E-state index contributed by atoms with van der Waals surface area (Å²) in [5.41, 5.74) is 9.76. The predicted octanol–water partition coefficient (Wildman–Crippen LogP) is 10.6. The molecule has 8 aromatic rings. The molecule has 0 amide bonds. The van der Waals surface area contributed by atoms with E-state index >= 15 is 0 Å². The van der Waals surface area contributed by atoms with Crippen molar-refractivity contribution in [2.24, 2.45) is 0 Å². The lowest BCUT2D eigenvalue weighted by molar-refractivity contribution is 0.419. The van der Waals surface area contributed by atoms with E-state index in [1.54, 1.807) is 0 Å². The van der Waals surface area contributed by atoms with E-state index in [0.29, 0.717) is 5.95 Å². The van der Waals surface area contributed by atoms with Crippen LogP contribution < -0.4 is 4.90 Å². The molecule has 2 atom stereocenters.